The van der Waals surface area contributed by atoms with Crippen LogP contribution in [0.4, 0.5) is 28.8 Å². The Bertz CT molecular complexity index is 1150. The zero-order chi connectivity index (χ0) is 24.9. The van der Waals surface area contributed by atoms with Gasteiger partial charge in [-0.15, -0.1) is 10.2 Å². The van der Waals surface area contributed by atoms with E-state index in [1.165, 1.54) is 0 Å². The molecular weight excluding hydrogens is 491 g/mol. The molecule has 0 saturated carbocycles. The molecule has 0 saturated heterocycles. The third-order valence-electron chi connectivity index (χ3n) is 4.98. The molecule has 7 nitrogen and oxygen atoms in total. The van der Waals surface area contributed by atoms with E-state index in [-0.39, 0.29) is 16.7 Å². The van der Waals surface area contributed by atoms with Crippen LogP contribution >= 0.6 is 22.9 Å². The number of halogens is 4. The Morgan fingerprint density at radius 2 is 1.79 bits per heavy atom. The number of urea groups is 1. The number of aromatic nitrogens is 2. The highest BCUT2D eigenvalue weighted by Gasteiger charge is 2.30. The van der Waals surface area contributed by atoms with Crippen LogP contribution in [-0.4, -0.2) is 28.2 Å². The summed E-state index contributed by atoms with van der Waals surface area (Å²) in [6.07, 6.45) is -3.89. The molecule has 0 aliphatic heterocycles. The van der Waals surface area contributed by atoms with Gasteiger partial charge >= 0.3 is 12.2 Å². The fourth-order valence-corrected chi connectivity index (χ4v) is 3.88. The lowest BCUT2D eigenvalue weighted by atomic mass is 9.98. The van der Waals surface area contributed by atoms with Crippen LogP contribution in [0, 0.1) is 5.92 Å². The molecular formula is C22H21ClF3N5O2S. The van der Waals surface area contributed by atoms with E-state index in [0.29, 0.717) is 16.5 Å². The second kappa shape index (κ2) is 10.8. The van der Waals surface area contributed by atoms with Crippen LogP contribution in [0.5, 0.6) is 0 Å². The van der Waals surface area contributed by atoms with Crippen LogP contribution < -0.4 is 16.0 Å². The third kappa shape index (κ3) is 6.67. The van der Waals surface area contributed by atoms with E-state index in [1.54, 1.807) is 25.1 Å². The topological polar surface area (TPSA) is 96.0 Å². The number of nitrogens with zero attached hydrogens (tertiary/aromatic N) is 2. The molecule has 34 heavy (non-hydrogen) atoms. The molecule has 0 fully saturated rings. The average Bonchev–Trinajstić information content (AvgIpc) is 3.25. The van der Waals surface area contributed by atoms with Crippen LogP contribution in [0.1, 0.15) is 25.8 Å². The van der Waals surface area contributed by atoms with Gasteiger partial charge in [-0.25, -0.2) is 4.79 Å². The highest BCUT2D eigenvalue weighted by Crippen LogP contribution is 2.30. The van der Waals surface area contributed by atoms with Crippen LogP contribution in [0.15, 0.2) is 48.5 Å². The first kappa shape index (κ1) is 25.4. The van der Waals surface area contributed by atoms with Crippen molar-refractivity contribution in [2.24, 2.45) is 5.92 Å². The molecule has 1 heterocycles. The maximum absolute atomic E-state index is 12.9. The van der Waals surface area contributed by atoms with E-state index >= 15 is 0 Å². The van der Waals surface area contributed by atoms with Gasteiger partial charge in [-0.05, 0) is 42.3 Å². The van der Waals surface area contributed by atoms with E-state index < -0.39 is 29.7 Å². The van der Waals surface area contributed by atoms with Gasteiger partial charge in [-0.1, -0.05) is 55.3 Å². The van der Waals surface area contributed by atoms with Crippen molar-refractivity contribution in [3.8, 4) is 10.6 Å². The van der Waals surface area contributed by atoms with E-state index in [9.17, 15) is 22.8 Å². The lowest BCUT2D eigenvalue weighted by molar-refractivity contribution is -0.137. The molecule has 0 aliphatic rings. The number of carbonyl (C=O) groups excluding carboxylic acids is 2. The highest BCUT2D eigenvalue weighted by atomic mass is 35.5. The van der Waals surface area contributed by atoms with Gasteiger partial charge in [0.15, 0.2) is 0 Å². The zero-order valence-corrected chi connectivity index (χ0v) is 19.7. The molecule has 0 radical (unpaired) electrons. The molecule has 180 valence electrons. The van der Waals surface area contributed by atoms with Gasteiger partial charge in [0.2, 0.25) is 11.0 Å². The first-order valence-corrected chi connectivity index (χ1v) is 11.4. The predicted octanol–water partition coefficient (Wildman–Crippen LogP) is 6.05. The SMILES string of the molecule is CCC(C)C(NC(=O)Nc1ccc(C(F)(F)F)cc1)C(=O)Nc1nnc(-c2cccc(Cl)c2)s1. The smallest absolute Gasteiger partial charge is 0.326 e. The first-order chi connectivity index (χ1) is 16.1. The fourth-order valence-electron chi connectivity index (χ4n) is 2.95. The number of nitrogens with one attached hydrogen (secondary N) is 3. The monoisotopic (exact) mass is 511 g/mol. The number of carbonyl (C=O) groups is 2. The fraction of sp³-hybridized carbons (Fsp3) is 0.273. The van der Waals surface area contributed by atoms with Crippen molar-refractivity contribution >= 4 is 45.7 Å². The molecule has 2 unspecified atom stereocenters. The van der Waals surface area contributed by atoms with E-state index in [0.717, 1.165) is 41.2 Å². The number of benzene rings is 2. The van der Waals surface area contributed by atoms with Gasteiger partial charge in [0, 0.05) is 16.3 Å². The summed E-state index contributed by atoms with van der Waals surface area (Å²) in [4.78, 5) is 25.3. The molecule has 1 aromatic heterocycles. The van der Waals surface area contributed by atoms with Crippen molar-refractivity contribution in [1.82, 2.24) is 15.5 Å². The third-order valence-corrected chi connectivity index (χ3v) is 6.10. The normalized spacial score (nSPS) is 13.1. The average molecular weight is 512 g/mol. The van der Waals surface area contributed by atoms with Crippen LogP contribution in [0.2, 0.25) is 5.02 Å². The zero-order valence-electron chi connectivity index (χ0n) is 18.1. The Balaban J connectivity index is 1.66. The van der Waals surface area contributed by atoms with E-state index in [2.05, 4.69) is 26.1 Å². The minimum atomic E-state index is -4.47. The minimum absolute atomic E-state index is 0.157. The molecule has 3 amide bonds. The number of alkyl halides is 3. The first-order valence-electron chi connectivity index (χ1n) is 10.2. The van der Waals surface area contributed by atoms with Crippen LogP contribution in [0.3, 0.4) is 0 Å². The highest BCUT2D eigenvalue weighted by molar-refractivity contribution is 7.18. The van der Waals surface area contributed by atoms with Gasteiger partial charge in [0.25, 0.3) is 0 Å². The molecule has 2 atom stereocenters. The van der Waals surface area contributed by atoms with E-state index in [1.807, 2.05) is 13.0 Å². The number of hydrogen-bond donors (Lipinski definition) is 3. The summed E-state index contributed by atoms with van der Waals surface area (Å²) in [5, 5.41) is 17.1. The Kier molecular flexibility index (Phi) is 8.11. The van der Waals surface area contributed by atoms with Gasteiger partial charge in [-0.2, -0.15) is 13.2 Å². The lowest BCUT2D eigenvalue weighted by Crippen LogP contribution is -2.49. The van der Waals surface area contributed by atoms with Crippen molar-refractivity contribution in [3.63, 3.8) is 0 Å². The summed E-state index contributed by atoms with van der Waals surface area (Å²) in [6, 6.07) is 9.40. The molecule has 3 N–H and O–H groups in total. The van der Waals surface area contributed by atoms with Crippen molar-refractivity contribution in [3.05, 3.63) is 59.1 Å². The molecule has 3 rings (SSSR count). The lowest BCUT2D eigenvalue weighted by Gasteiger charge is -2.23. The van der Waals surface area contributed by atoms with Gasteiger partial charge < -0.3 is 10.6 Å². The number of rotatable bonds is 7. The summed E-state index contributed by atoms with van der Waals surface area (Å²) < 4.78 is 38.1. The quantitative estimate of drug-likeness (QED) is 0.359. The van der Waals surface area contributed by atoms with E-state index in [4.69, 9.17) is 11.6 Å². The summed E-state index contributed by atoms with van der Waals surface area (Å²) in [5.41, 5.74) is 0.0756. The maximum atomic E-state index is 12.9. The number of hydrogen-bond acceptors (Lipinski definition) is 5. The van der Waals surface area contributed by atoms with Crippen molar-refractivity contribution in [2.45, 2.75) is 32.5 Å². The Morgan fingerprint density at radius 3 is 2.41 bits per heavy atom. The molecule has 0 aliphatic carbocycles. The molecule has 2 aromatic carbocycles. The maximum Gasteiger partial charge on any atom is 0.416 e. The summed E-state index contributed by atoms with van der Waals surface area (Å²) in [5.74, 6) is -0.732. The molecule has 12 heteroatoms. The number of anilines is 2. The standard InChI is InChI=1S/C22H21ClF3N5O2S/c1-3-12(2)17(28-20(33)27-16-9-7-14(8-10-16)22(24,25)26)18(32)29-21-31-30-19(34-21)13-5-4-6-15(23)11-13/h4-12,17H,3H2,1-2H3,(H2,27,28,33)(H,29,31,32). The van der Waals surface area contributed by atoms with Gasteiger partial charge in [0.1, 0.15) is 11.0 Å². The van der Waals surface area contributed by atoms with Crippen molar-refractivity contribution < 1.29 is 22.8 Å². The summed E-state index contributed by atoms with van der Waals surface area (Å²) >= 11 is 7.15. The van der Waals surface area contributed by atoms with Crippen LogP contribution in [-0.2, 0) is 11.0 Å². The predicted molar refractivity (Wildman–Crippen MR) is 126 cm³/mol. The Morgan fingerprint density at radius 1 is 1.09 bits per heavy atom. The number of amides is 3. The van der Waals surface area contributed by atoms with Crippen LogP contribution in [0.25, 0.3) is 10.6 Å². The minimum Gasteiger partial charge on any atom is -0.326 e. The summed E-state index contributed by atoms with van der Waals surface area (Å²) in [6.45, 7) is 3.66. The van der Waals surface area contributed by atoms with Crippen molar-refractivity contribution in [1.29, 1.82) is 0 Å². The second-order valence-corrected chi connectivity index (χ2v) is 8.86. The van der Waals surface area contributed by atoms with Gasteiger partial charge in [-0.3, -0.25) is 10.1 Å². The molecule has 3 aromatic rings. The second-order valence-electron chi connectivity index (χ2n) is 7.45. The van der Waals surface area contributed by atoms with Gasteiger partial charge in [0.05, 0.1) is 5.56 Å². The molecule has 0 spiro atoms. The summed E-state index contributed by atoms with van der Waals surface area (Å²) in [7, 11) is 0. The molecule has 0 bridgehead atoms. The van der Waals surface area contributed by atoms with Crippen molar-refractivity contribution in [2.75, 3.05) is 10.6 Å². The largest absolute Gasteiger partial charge is 0.416 e. The Labute approximate surface area is 202 Å². The Hall–Kier alpha value is -3.18.